The monoisotopic (exact) mass is 321 g/mol. The molecule has 124 valence electrons. The quantitative estimate of drug-likeness (QED) is 0.798. The Morgan fingerprint density at radius 3 is 2.23 bits per heavy atom. The van der Waals surface area contributed by atoms with Crippen molar-refractivity contribution in [2.75, 3.05) is 19.7 Å². The van der Waals surface area contributed by atoms with Crippen LogP contribution in [-0.4, -0.2) is 48.1 Å². The van der Waals surface area contributed by atoms with Gasteiger partial charge in [0.25, 0.3) is 0 Å². The van der Waals surface area contributed by atoms with Gasteiger partial charge in [-0.15, -0.1) is 13.2 Å². The molecule has 0 radical (unpaired) electrons. The highest BCUT2D eigenvalue weighted by atomic mass is 19.4. The molecule has 0 amide bonds. The number of carboxylic acids is 1. The van der Waals surface area contributed by atoms with Crippen molar-refractivity contribution in [3.63, 3.8) is 0 Å². The van der Waals surface area contributed by atoms with E-state index in [0.29, 0.717) is 12.3 Å². The van der Waals surface area contributed by atoms with Crippen molar-refractivity contribution < 1.29 is 32.5 Å². The molecule has 5 nitrogen and oxygen atoms in total. The second-order valence-corrected chi connectivity index (χ2v) is 4.83. The van der Waals surface area contributed by atoms with Crippen LogP contribution in [-0.2, 0) is 4.79 Å². The fourth-order valence-electron chi connectivity index (χ4n) is 1.71. The molecule has 1 rings (SSSR count). The molecule has 0 bridgehead atoms. The first-order valence-electron chi connectivity index (χ1n) is 6.62. The maximum atomic E-state index is 12.0. The lowest BCUT2D eigenvalue weighted by atomic mass is 10.3. The van der Waals surface area contributed by atoms with Gasteiger partial charge in [0.2, 0.25) is 0 Å². The van der Waals surface area contributed by atoms with Gasteiger partial charge in [0.15, 0.2) is 0 Å². The molecule has 22 heavy (non-hydrogen) atoms. The molecule has 0 aliphatic rings. The van der Waals surface area contributed by atoms with E-state index in [4.69, 9.17) is 9.84 Å². The number of carbonyl (C=O) groups is 1. The zero-order chi connectivity index (χ0) is 16.8. The van der Waals surface area contributed by atoms with Crippen LogP contribution in [0.3, 0.4) is 0 Å². The second kappa shape index (κ2) is 7.88. The summed E-state index contributed by atoms with van der Waals surface area (Å²) in [5.74, 6) is -0.870. The number of benzene rings is 1. The summed E-state index contributed by atoms with van der Waals surface area (Å²) in [6.45, 7) is 4.26. The maximum absolute atomic E-state index is 12.0. The normalized spacial score (nSPS) is 11.8. The Balaban J connectivity index is 2.46. The van der Waals surface area contributed by atoms with Crippen molar-refractivity contribution in [3.05, 3.63) is 24.3 Å². The Labute approximate surface area is 126 Å². The van der Waals surface area contributed by atoms with E-state index >= 15 is 0 Å². The van der Waals surface area contributed by atoms with Gasteiger partial charge in [-0.3, -0.25) is 9.69 Å². The first-order chi connectivity index (χ1) is 10.2. The van der Waals surface area contributed by atoms with E-state index in [2.05, 4.69) is 4.74 Å². The lowest BCUT2D eigenvalue weighted by molar-refractivity contribution is -0.274. The molecule has 0 atom stereocenters. The minimum Gasteiger partial charge on any atom is -0.492 e. The smallest absolute Gasteiger partial charge is 0.492 e. The van der Waals surface area contributed by atoms with E-state index in [1.807, 2.05) is 13.8 Å². The molecule has 0 spiro atoms. The van der Waals surface area contributed by atoms with Gasteiger partial charge >= 0.3 is 12.3 Å². The fraction of sp³-hybridized carbons (Fsp3) is 0.500. The molecule has 0 aliphatic carbocycles. The average molecular weight is 321 g/mol. The first kappa shape index (κ1) is 18.1. The SMILES string of the molecule is CC(C)N(CCOc1ccc(OC(F)(F)F)cc1)CC(=O)O. The van der Waals surface area contributed by atoms with Crippen molar-refractivity contribution in [1.82, 2.24) is 4.90 Å². The lowest BCUT2D eigenvalue weighted by Crippen LogP contribution is -2.38. The lowest BCUT2D eigenvalue weighted by Gasteiger charge is -2.24. The third-order valence-electron chi connectivity index (χ3n) is 2.77. The summed E-state index contributed by atoms with van der Waals surface area (Å²) >= 11 is 0. The van der Waals surface area contributed by atoms with Crippen molar-refractivity contribution >= 4 is 5.97 Å². The molecule has 0 heterocycles. The van der Waals surface area contributed by atoms with Crippen molar-refractivity contribution in [3.8, 4) is 11.5 Å². The minimum atomic E-state index is -4.73. The van der Waals surface area contributed by atoms with Gasteiger partial charge in [-0.05, 0) is 38.1 Å². The van der Waals surface area contributed by atoms with E-state index in [-0.39, 0.29) is 24.9 Å². The Hall–Kier alpha value is -1.96. The molecule has 1 aromatic rings. The molecule has 0 unspecified atom stereocenters. The van der Waals surface area contributed by atoms with Crippen LogP contribution < -0.4 is 9.47 Å². The topological polar surface area (TPSA) is 59.0 Å². The molecule has 1 N–H and O–H groups in total. The molecule has 0 aromatic heterocycles. The molecule has 0 aliphatic heterocycles. The highest BCUT2D eigenvalue weighted by Gasteiger charge is 2.30. The molecule has 0 saturated heterocycles. The Bertz CT molecular complexity index is 474. The summed E-state index contributed by atoms with van der Waals surface area (Å²) in [6.07, 6.45) is -4.73. The number of rotatable bonds is 8. The molecule has 1 aromatic carbocycles. The van der Waals surface area contributed by atoms with Crippen LogP contribution in [0, 0.1) is 0 Å². The molecular formula is C14H18F3NO4. The van der Waals surface area contributed by atoms with E-state index < -0.39 is 12.3 Å². The third kappa shape index (κ3) is 7.16. The van der Waals surface area contributed by atoms with Crippen LogP contribution in [0.2, 0.25) is 0 Å². The summed E-state index contributed by atoms with van der Waals surface area (Å²) in [7, 11) is 0. The summed E-state index contributed by atoms with van der Waals surface area (Å²) in [6, 6.07) is 5.07. The van der Waals surface area contributed by atoms with Crippen LogP contribution in [0.25, 0.3) is 0 Å². The largest absolute Gasteiger partial charge is 0.573 e. The number of ether oxygens (including phenoxy) is 2. The van der Waals surface area contributed by atoms with E-state index in [0.717, 1.165) is 12.1 Å². The fourth-order valence-corrected chi connectivity index (χ4v) is 1.71. The number of carboxylic acid groups (broad SMARTS) is 1. The second-order valence-electron chi connectivity index (χ2n) is 4.83. The molecule has 8 heteroatoms. The summed E-state index contributed by atoms with van der Waals surface area (Å²) < 4.78 is 45.1. The van der Waals surface area contributed by atoms with Gasteiger partial charge in [0.1, 0.15) is 18.1 Å². The van der Waals surface area contributed by atoms with Crippen molar-refractivity contribution in [2.45, 2.75) is 26.3 Å². The summed E-state index contributed by atoms with van der Waals surface area (Å²) in [4.78, 5) is 12.4. The maximum Gasteiger partial charge on any atom is 0.573 e. The van der Waals surface area contributed by atoms with E-state index in [1.54, 1.807) is 4.90 Å². The van der Waals surface area contributed by atoms with E-state index in [1.165, 1.54) is 12.1 Å². The zero-order valence-corrected chi connectivity index (χ0v) is 12.3. The predicted molar refractivity (Wildman–Crippen MR) is 73.0 cm³/mol. The van der Waals surface area contributed by atoms with Gasteiger partial charge < -0.3 is 14.6 Å². The number of hydrogen-bond donors (Lipinski definition) is 1. The van der Waals surface area contributed by atoms with Gasteiger partial charge in [0.05, 0.1) is 6.54 Å². The zero-order valence-electron chi connectivity index (χ0n) is 12.3. The van der Waals surface area contributed by atoms with Crippen LogP contribution in [0.1, 0.15) is 13.8 Å². The van der Waals surface area contributed by atoms with Gasteiger partial charge in [-0.1, -0.05) is 0 Å². The number of hydrogen-bond acceptors (Lipinski definition) is 4. The first-order valence-corrected chi connectivity index (χ1v) is 6.62. The Kier molecular flexibility index (Phi) is 6.48. The standard InChI is InChI=1S/C14H18F3NO4/c1-10(2)18(9-13(19)20)7-8-21-11-3-5-12(6-4-11)22-14(15,16)17/h3-6,10H,7-9H2,1-2H3,(H,19,20). The van der Waals surface area contributed by atoms with Gasteiger partial charge in [0, 0.05) is 12.6 Å². The highest BCUT2D eigenvalue weighted by molar-refractivity contribution is 5.69. The highest BCUT2D eigenvalue weighted by Crippen LogP contribution is 2.24. The number of nitrogens with zero attached hydrogens (tertiary/aromatic N) is 1. The number of aliphatic carboxylic acids is 1. The number of halogens is 3. The summed E-state index contributed by atoms with van der Waals surface area (Å²) in [5, 5.41) is 8.78. The third-order valence-corrected chi connectivity index (χ3v) is 2.77. The summed E-state index contributed by atoms with van der Waals surface area (Å²) in [5.41, 5.74) is 0. The Morgan fingerprint density at radius 2 is 1.77 bits per heavy atom. The van der Waals surface area contributed by atoms with Crippen molar-refractivity contribution in [2.24, 2.45) is 0 Å². The average Bonchev–Trinajstić information content (AvgIpc) is 2.37. The molecular weight excluding hydrogens is 303 g/mol. The van der Waals surface area contributed by atoms with Gasteiger partial charge in [-0.2, -0.15) is 0 Å². The van der Waals surface area contributed by atoms with Crippen LogP contribution in [0.5, 0.6) is 11.5 Å². The van der Waals surface area contributed by atoms with Crippen LogP contribution in [0.4, 0.5) is 13.2 Å². The van der Waals surface area contributed by atoms with Crippen molar-refractivity contribution in [1.29, 1.82) is 0 Å². The predicted octanol–water partition coefficient (Wildman–Crippen LogP) is 2.76. The van der Waals surface area contributed by atoms with Gasteiger partial charge in [-0.25, -0.2) is 0 Å². The van der Waals surface area contributed by atoms with Crippen LogP contribution in [0.15, 0.2) is 24.3 Å². The van der Waals surface area contributed by atoms with E-state index in [9.17, 15) is 18.0 Å². The Morgan fingerprint density at radius 1 is 1.23 bits per heavy atom. The number of alkyl halides is 3. The minimum absolute atomic E-state index is 0.0438. The molecule has 0 saturated carbocycles. The van der Waals surface area contributed by atoms with Crippen LogP contribution >= 0.6 is 0 Å². The molecule has 0 fully saturated rings.